The van der Waals surface area contributed by atoms with Gasteiger partial charge < -0.3 is 24.8 Å². The van der Waals surface area contributed by atoms with Crippen molar-refractivity contribution >= 4 is 17.6 Å². The summed E-state index contributed by atoms with van der Waals surface area (Å²) in [6, 6.07) is 33.5. The van der Waals surface area contributed by atoms with Gasteiger partial charge in [0.2, 0.25) is 0 Å². The molecule has 2 N–H and O–H groups in total. The number of para-hydroxylation sites is 2. The van der Waals surface area contributed by atoms with Crippen LogP contribution in [0.2, 0.25) is 0 Å². The maximum atomic E-state index is 11.2. The van der Waals surface area contributed by atoms with Crippen molar-refractivity contribution in [2.24, 2.45) is 5.92 Å². The first-order valence-corrected chi connectivity index (χ1v) is 20.2. The SMILES string of the molecule is CC.CC(C)Cc1ccccc1Oc1ccccc1.CC(C)c1cc(-c2cccc(C(=O)O)c2)nc(N2CCOCC2)c1.CCCNc1cc(C(C)C)ccn1. The van der Waals surface area contributed by atoms with Crippen LogP contribution in [0.15, 0.2) is 109 Å². The Morgan fingerprint density at radius 1 is 0.821 bits per heavy atom. The van der Waals surface area contributed by atoms with E-state index in [0.29, 0.717) is 31.0 Å². The lowest BCUT2D eigenvalue weighted by molar-refractivity contribution is 0.0697. The summed E-state index contributed by atoms with van der Waals surface area (Å²) in [7, 11) is 0. The molecule has 0 radical (unpaired) electrons. The molecule has 56 heavy (non-hydrogen) atoms. The van der Waals surface area contributed by atoms with Crippen LogP contribution in [0.3, 0.4) is 0 Å². The third kappa shape index (κ3) is 15.1. The smallest absolute Gasteiger partial charge is 0.335 e. The third-order valence-electron chi connectivity index (χ3n) is 8.82. The van der Waals surface area contributed by atoms with Crippen LogP contribution in [0.5, 0.6) is 11.5 Å². The van der Waals surface area contributed by atoms with Crippen LogP contribution in [0.4, 0.5) is 11.6 Å². The highest BCUT2D eigenvalue weighted by atomic mass is 16.5. The number of morpholine rings is 1. The molecule has 0 saturated carbocycles. The summed E-state index contributed by atoms with van der Waals surface area (Å²) in [5, 5.41) is 12.5. The molecule has 5 aromatic rings. The number of carboxylic acids is 1. The van der Waals surface area contributed by atoms with E-state index in [9.17, 15) is 9.90 Å². The minimum absolute atomic E-state index is 0.275. The Kier molecular flexibility index (Phi) is 19.6. The number of pyridine rings is 2. The summed E-state index contributed by atoms with van der Waals surface area (Å²) in [6.07, 6.45) is 4.05. The van der Waals surface area contributed by atoms with E-state index in [1.165, 1.54) is 16.7 Å². The van der Waals surface area contributed by atoms with Gasteiger partial charge in [-0.25, -0.2) is 14.8 Å². The molecule has 1 aliphatic rings. The van der Waals surface area contributed by atoms with Gasteiger partial charge in [-0.3, -0.25) is 0 Å². The quantitative estimate of drug-likeness (QED) is 0.130. The number of aromatic nitrogens is 2. The zero-order valence-electron chi connectivity index (χ0n) is 35.1. The number of ether oxygens (including phenoxy) is 2. The first-order valence-electron chi connectivity index (χ1n) is 20.2. The number of hydrogen-bond acceptors (Lipinski definition) is 7. The number of anilines is 2. The van der Waals surface area contributed by atoms with Crippen LogP contribution in [0, 0.1) is 5.92 Å². The highest BCUT2D eigenvalue weighted by molar-refractivity contribution is 5.89. The fourth-order valence-electron chi connectivity index (χ4n) is 5.77. The number of carboxylic acid groups (broad SMARTS) is 1. The summed E-state index contributed by atoms with van der Waals surface area (Å²) in [6.45, 7) is 23.3. The van der Waals surface area contributed by atoms with E-state index < -0.39 is 5.97 Å². The Bertz CT molecular complexity index is 1870. The number of hydrogen-bond donors (Lipinski definition) is 2. The second-order valence-corrected chi connectivity index (χ2v) is 14.5. The molecule has 3 heterocycles. The Balaban J connectivity index is 0.000000231. The van der Waals surface area contributed by atoms with Gasteiger partial charge in [-0.15, -0.1) is 0 Å². The second kappa shape index (κ2) is 24.3. The van der Waals surface area contributed by atoms with Crippen LogP contribution >= 0.6 is 0 Å². The van der Waals surface area contributed by atoms with Crippen molar-refractivity contribution in [2.75, 3.05) is 43.1 Å². The number of benzene rings is 3. The van der Waals surface area contributed by atoms with E-state index in [1.807, 2.05) is 68.6 Å². The Morgan fingerprint density at radius 2 is 1.50 bits per heavy atom. The van der Waals surface area contributed by atoms with E-state index in [0.717, 1.165) is 66.9 Å². The van der Waals surface area contributed by atoms with Crippen molar-refractivity contribution in [3.05, 3.63) is 132 Å². The zero-order valence-corrected chi connectivity index (χ0v) is 35.1. The molecule has 1 saturated heterocycles. The summed E-state index contributed by atoms with van der Waals surface area (Å²) in [5.74, 6) is 4.43. The predicted octanol–water partition coefficient (Wildman–Crippen LogP) is 12.1. The van der Waals surface area contributed by atoms with E-state index in [4.69, 9.17) is 14.5 Å². The molecule has 8 nitrogen and oxygen atoms in total. The summed E-state index contributed by atoms with van der Waals surface area (Å²) >= 11 is 0. The maximum Gasteiger partial charge on any atom is 0.335 e. The number of rotatable bonds is 12. The van der Waals surface area contributed by atoms with Crippen LogP contribution in [-0.2, 0) is 11.2 Å². The molecule has 300 valence electrons. The molecule has 6 rings (SSSR count). The topological polar surface area (TPSA) is 96.8 Å². The number of nitrogens with zero attached hydrogens (tertiary/aromatic N) is 3. The van der Waals surface area contributed by atoms with Crippen molar-refractivity contribution in [2.45, 2.75) is 87.0 Å². The second-order valence-electron chi connectivity index (χ2n) is 14.5. The molecular weight excluding hydrogens is 697 g/mol. The molecule has 0 unspecified atom stereocenters. The first kappa shape index (κ1) is 45.2. The number of carbonyl (C=O) groups is 1. The van der Waals surface area contributed by atoms with Crippen LogP contribution < -0.4 is 15.0 Å². The Morgan fingerprint density at radius 3 is 2.14 bits per heavy atom. The van der Waals surface area contributed by atoms with Crippen molar-refractivity contribution in [1.82, 2.24) is 9.97 Å². The maximum absolute atomic E-state index is 11.2. The average molecular weight is 761 g/mol. The van der Waals surface area contributed by atoms with Crippen LogP contribution in [0.25, 0.3) is 11.3 Å². The van der Waals surface area contributed by atoms with Gasteiger partial charge in [-0.1, -0.05) is 111 Å². The molecule has 8 heteroatoms. The van der Waals surface area contributed by atoms with E-state index in [-0.39, 0.29) is 5.56 Å². The van der Waals surface area contributed by atoms with E-state index in [2.05, 4.69) is 100 Å². The summed E-state index contributed by atoms with van der Waals surface area (Å²) < 4.78 is 11.3. The Labute approximate surface area is 336 Å². The van der Waals surface area contributed by atoms with Crippen LogP contribution in [-0.4, -0.2) is 53.9 Å². The van der Waals surface area contributed by atoms with Gasteiger partial charge in [0.15, 0.2) is 0 Å². The van der Waals surface area contributed by atoms with E-state index >= 15 is 0 Å². The van der Waals surface area contributed by atoms with Crippen molar-refractivity contribution in [3.8, 4) is 22.8 Å². The van der Waals surface area contributed by atoms with Crippen molar-refractivity contribution in [3.63, 3.8) is 0 Å². The highest BCUT2D eigenvalue weighted by Crippen LogP contribution is 2.29. The standard InChI is InChI=1S/C19H22N2O3.C16H18O.C11H18N2.C2H6/c1-13(2)16-11-17(14-4-3-5-15(10-14)19(22)23)20-18(12-16)21-6-8-24-9-7-21;1-13(2)12-14-8-6-7-11-16(14)17-15-9-4-3-5-10-15;1-4-6-12-11-8-10(9(2)3)5-7-13-11;1-2/h3-5,10-13H,6-9H2,1-2H3,(H,22,23);3-11,13H,12H2,1-2H3;5,7-9H,4,6H2,1-3H3,(H,12,13);1-2H3. The van der Waals surface area contributed by atoms with Gasteiger partial charge in [-0.05, 0) is 102 Å². The summed E-state index contributed by atoms with van der Waals surface area (Å²) in [5.41, 5.74) is 5.72. The Hall–Kier alpha value is -5.21. The van der Waals surface area contributed by atoms with E-state index in [1.54, 1.807) is 18.2 Å². The zero-order chi connectivity index (χ0) is 40.9. The summed E-state index contributed by atoms with van der Waals surface area (Å²) in [4.78, 5) is 22.5. The van der Waals surface area contributed by atoms with Gasteiger partial charge >= 0.3 is 5.97 Å². The molecule has 1 fully saturated rings. The molecule has 0 amide bonds. The van der Waals surface area contributed by atoms with Crippen molar-refractivity contribution in [1.29, 1.82) is 0 Å². The molecule has 3 aromatic carbocycles. The lowest BCUT2D eigenvalue weighted by atomic mass is 10.00. The van der Waals surface area contributed by atoms with Crippen molar-refractivity contribution < 1.29 is 19.4 Å². The largest absolute Gasteiger partial charge is 0.478 e. The van der Waals surface area contributed by atoms with Gasteiger partial charge in [-0.2, -0.15) is 0 Å². The normalized spacial score (nSPS) is 12.1. The molecular formula is C48H64N4O4. The number of aromatic carboxylic acids is 1. The highest BCUT2D eigenvalue weighted by Gasteiger charge is 2.16. The first-order chi connectivity index (χ1) is 27.0. The third-order valence-corrected chi connectivity index (χ3v) is 8.82. The monoisotopic (exact) mass is 760 g/mol. The van der Waals surface area contributed by atoms with Crippen LogP contribution in [0.1, 0.15) is 108 Å². The molecule has 0 bridgehead atoms. The molecule has 0 aliphatic carbocycles. The molecule has 2 aromatic heterocycles. The fraction of sp³-hybridized carbons (Fsp3) is 0.396. The van der Waals surface area contributed by atoms with Gasteiger partial charge in [0.05, 0.1) is 24.5 Å². The minimum atomic E-state index is -0.926. The lowest BCUT2D eigenvalue weighted by Crippen LogP contribution is -2.36. The minimum Gasteiger partial charge on any atom is -0.478 e. The van der Waals surface area contributed by atoms with Gasteiger partial charge in [0.1, 0.15) is 23.1 Å². The molecule has 0 atom stereocenters. The van der Waals surface area contributed by atoms with Gasteiger partial charge in [0, 0.05) is 31.4 Å². The number of nitrogens with one attached hydrogen (secondary N) is 1. The average Bonchev–Trinajstić information content (AvgIpc) is 3.22. The lowest BCUT2D eigenvalue weighted by Gasteiger charge is -2.29. The fourth-order valence-corrected chi connectivity index (χ4v) is 5.77. The van der Waals surface area contributed by atoms with Gasteiger partial charge in [0.25, 0.3) is 0 Å². The predicted molar refractivity (Wildman–Crippen MR) is 234 cm³/mol. The molecule has 1 aliphatic heterocycles. The molecule has 0 spiro atoms.